The van der Waals surface area contributed by atoms with Crippen LogP contribution in [-0.2, 0) is 14.3 Å². The van der Waals surface area contributed by atoms with Crippen LogP contribution in [0.4, 0.5) is 10.5 Å². The van der Waals surface area contributed by atoms with Crippen molar-refractivity contribution in [3.8, 4) is 23.0 Å². The summed E-state index contributed by atoms with van der Waals surface area (Å²) in [5.74, 6) is -1.22. The average molecular weight is 900 g/mol. The number of non-ortho nitro benzene ring substituents is 1. The van der Waals surface area contributed by atoms with Crippen LogP contribution in [0.1, 0.15) is 87.6 Å². The number of benzene rings is 3. The van der Waals surface area contributed by atoms with Gasteiger partial charge in [0.25, 0.3) is 5.69 Å². The quantitative estimate of drug-likeness (QED) is 0.0270. The van der Waals surface area contributed by atoms with Crippen molar-refractivity contribution < 1.29 is 58.4 Å². The minimum atomic E-state index is -1.63. The summed E-state index contributed by atoms with van der Waals surface area (Å²) in [4.78, 5) is 45.0. The second-order valence-electron chi connectivity index (χ2n) is 17.4. The van der Waals surface area contributed by atoms with Crippen molar-refractivity contribution in [2.45, 2.75) is 89.1 Å². The van der Waals surface area contributed by atoms with Gasteiger partial charge in [0.05, 0.1) is 43.0 Å². The summed E-state index contributed by atoms with van der Waals surface area (Å²) < 4.78 is 32.4. The largest absolute Gasteiger partial charge is 0.459 e. The third-order valence-electron chi connectivity index (χ3n) is 11.9. The summed E-state index contributed by atoms with van der Waals surface area (Å²) in [6.07, 6.45) is 7.96. The lowest BCUT2D eigenvalue weighted by atomic mass is 9.55. The van der Waals surface area contributed by atoms with E-state index in [1.165, 1.54) is 29.2 Å². The smallest absolute Gasteiger partial charge is 0.415 e. The highest BCUT2D eigenvalue weighted by atomic mass is 16.7. The number of unbranched alkanes of at least 4 members (excludes halogenated alkanes) is 2. The van der Waals surface area contributed by atoms with Crippen molar-refractivity contribution in [1.29, 1.82) is 0 Å². The molecule has 1 saturated carbocycles. The van der Waals surface area contributed by atoms with Crippen LogP contribution >= 0.6 is 0 Å². The summed E-state index contributed by atoms with van der Waals surface area (Å²) in [5, 5.41) is 45.8. The third-order valence-corrected chi connectivity index (χ3v) is 11.9. The van der Waals surface area contributed by atoms with Gasteiger partial charge in [-0.3, -0.25) is 19.8 Å². The van der Waals surface area contributed by atoms with Crippen molar-refractivity contribution in [2.24, 2.45) is 22.9 Å². The van der Waals surface area contributed by atoms with Crippen molar-refractivity contribution in [2.75, 3.05) is 46.2 Å². The SMILES string of the molecule is C=CCO[C@@]12Oc3ccc(Oc4cccc(C=O)c4)cc3[C@H]3[C@H](CCCCO)[C@@H](CCCCO)C=C(C(=NOC(C)(C)C)C[C@@H]1N(CCOCCO)C(=O)Oc1ccc([N+](=O)[O-])cc1)[C@H]32. The highest BCUT2D eigenvalue weighted by Gasteiger charge is 2.65. The molecule has 16 nitrogen and oxygen atoms in total. The summed E-state index contributed by atoms with van der Waals surface area (Å²) in [5.41, 5.74) is 1.79. The first-order chi connectivity index (χ1) is 31.4. The highest BCUT2D eigenvalue weighted by molar-refractivity contribution is 6.03. The van der Waals surface area contributed by atoms with E-state index in [1.807, 2.05) is 32.9 Å². The van der Waals surface area contributed by atoms with Crippen LogP contribution in [0.2, 0.25) is 0 Å². The molecule has 0 bridgehead atoms. The fraction of sp³-hybridized carbons (Fsp3) is 0.490. The van der Waals surface area contributed by atoms with E-state index in [4.69, 9.17) is 33.7 Å². The molecule has 3 aliphatic rings. The molecule has 1 heterocycles. The van der Waals surface area contributed by atoms with Crippen molar-refractivity contribution >= 4 is 23.8 Å². The van der Waals surface area contributed by atoms with Crippen LogP contribution in [0.25, 0.3) is 0 Å². The van der Waals surface area contributed by atoms with E-state index in [9.17, 15) is 35.0 Å². The van der Waals surface area contributed by atoms with Gasteiger partial charge < -0.3 is 43.8 Å². The number of rotatable bonds is 23. The molecule has 350 valence electrons. The Hall–Kier alpha value is -5.65. The van der Waals surface area contributed by atoms with Crippen LogP contribution in [0.15, 0.2) is 96.2 Å². The number of amides is 1. The van der Waals surface area contributed by atoms with Gasteiger partial charge in [-0.05, 0) is 106 Å². The van der Waals surface area contributed by atoms with Gasteiger partial charge in [0.15, 0.2) is 0 Å². The van der Waals surface area contributed by atoms with Crippen LogP contribution in [0.5, 0.6) is 23.0 Å². The van der Waals surface area contributed by atoms with E-state index in [1.54, 1.807) is 36.4 Å². The number of aldehydes is 1. The fourth-order valence-electron chi connectivity index (χ4n) is 9.19. The molecule has 6 atom stereocenters. The Morgan fingerprint density at radius 2 is 1.69 bits per heavy atom. The van der Waals surface area contributed by atoms with Gasteiger partial charge in [0, 0.05) is 55.4 Å². The first kappa shape index (κ1) is 48.8. The molecule has 6 rings (SSSR count). The number of allylic oxidation sites excluding steroid dienone is 1. The summed E-state index contributed by atoms with van der Waals surface area (Å²) in [7, 11) is 0. The standard InChI is InChI=1S/C49H61N3O13/c1-5-25-61-49-44(51(21-26-60-27-24-55)47(57)63-36-17-15-35(16-18-36)52(58)59)31-42(50-65-48(2,3)4)40-29-34(12-6-8-22-53)39(14-7-9-23-54)45(46(40)49)41-30-38(19-20-43(41)64-49)62-37-13-10-11-33(28-37)32-56/h5,10-11,13,15-20,28-30,32,34,39,44-46,53-55H,1,6-9,12,14,21-27,31H2,2-4H3/t34-,39+,44-,45+,46+,49+/m0/s1. The Morgan fingerprint density at radius 1 is 0.969 bits per heavy atom. The maximum atomic E-state index is 14.8. The van der Waals surface area contributed by atoms with E-state index < -0.39 is 34.4 Å². The zero-order valence-electron chi connectivity index (χ0n) is 37.3. The number of ether oxygens (including phenoxy) is 5. The molecule has 0 aromatic heterocycles. The van der Waals surface area contributed by atoms with Crippen LogP contribution in [0.3, 0.4) is 0 Å². The van der Waals surface area contributed by atoms with Crippen molar-refractivity contribution in [3.05, 3.63) is 112 Å². The van der Waals surface area contributed by atoms with E-state index in [-0.39, 0.29) is 81.8 Å². The summed E-state index contributed by atoms with van der Waals surface area (Å²) in [6, 6.07) is 16.6. The first-order valence-corrected chi connectivity index (χ1v) is 22.3. The monoisotopic (exact) mass is 899 g/mol. The van der Waals surface area contributed by atoms with Crippen molar-refractivity contribution in [1.82, 2.24) is 4.90 Å². The number of hydrogen-bond acceptors (Lipinski definition) is 14. The van der Waals surface area contributed by atoms with Gasteiger partial charge in [0.1, 0.15) is 40.9 Å². The number of oxime groups is 1. The Labute approximate surface area is 379 Å². The molecule has 3 aromatic carbocycles. The number of nitrogens with zero attached hydrogens (tertiary/aromatic N) is 3. The number of carbonyl (C=O) groups is 2. The Bertz CT molecular complexity index is 2170. The van der Waals surface area contributed by atoms with Gasteiger partial charge in [-0.25, -0.2) is 4.79 Å². The van der Waals surface area contributed by atoms with Crippen LogP contribution < -0.4 is 14.2 Å². The molecule has 1 fully saturated rings. The van der Waals surface area contributed by atoms with E-state index in [0.29, 0.717) is 54.2 Å². The molecular weight excluding hydrogens is 839 g/mol. The van der Waals surface area contributed by atoms with E-state index in [0.717, 1.165) is 30.3 Å². The molecule has 0 unspecified atom stereocenters. The second kappa shape index (κ2) is 22.5. The fourth-order valence-corrected chi connectivity index (χ4v) is 9.19. The lowest BCUT2D eigenvalue weighted by Gasteiger charge is -2.59. The Kier molecular flexibility index (Phi) is 16.9. The molecule has 2 aliphatic carbocycles. The van der Waals surface area contributed by atoms with E-state index in [2.05, 4.69) is 12.7 Å². The van der Waals surface area contributed by atoms with Crippen LogP contribution in [-0.4, -0.2) is 107 Å². The number of fused-ring (bicyclic) bond motifs is 2. The molecular formula is C49H61N3O13. The minimum absolute atomic E-state index is 0.00890. The number of aliphatic hydroxyl groups excluding tert-OH is 3. The number of carbonyl (C=O) groups excluding carboxylic acids is 2. The predicted molar refractivity (Wildman–Crippen MR) is 241 cm³/mol. The average Bonchev–Trinajstić information content (AvgIpc) is 3.29. The first-order valence-electron chi connectivity index (χ1n) is 22.3. The molecule has 65 heavy (non-hydrogen) atoms. The maximum Gasteiger partial charge on any atom is 0.415 e. The lowest BCUT2D eigenvalue weighted by Crippen LogP contribution is -2.70. The third kappa shape index (κ3) is 11.8. The normalized spacial score (nSPS) is 22.7. The van der Waals surface area contributed by atoms with Gasteiger partial charge in [-0.15, -0.1) is 6.58 Å². The molecule has 0 spiro atoms. The van der Waals surface area contributed by atoms with Crippen LogP contribution in [0, 0.1) is 27.9 Å². The molecule has 1 amide bonds. The predicted octanol–water partition coefficient (Wildman–Crippen LogP) is 8.14. The zero-order valence-corrected chi connectivity index (χ0v) is 37.3. The minimum Gasteiger partial charge on any atom is -0.459 e. The second-order valence-corrected chi connectivity index (χ2v) is 17.4. The summed E-state index contributed by atoms with van der Waals surface area (Å²) in [6.45, 7) is 9.45. The highest BCUT2D eigenvalue weighted by Crippen LogP contribution is 2.62. The van der Waals surface area contributed by atoms with Gasteiger partial charge in [0.2, 0.25) is 5.79 Å². The Balaban J connectivity index is 1.59. The topological polar surface area (TPSA) is 209 Å². The zero-order chi connectivity index (χ0) is 46.6. The number of aliphatic hydroxyl groups is 3. The van der Waals surface area contributed by atoms with Gasteiger partial charge >= 0.3 is 6.09 Å². The lowest BCUT2D eigenvalue weighted by molar-refractivity contribution is -0.384. The molecule has 1 aliphatic heterocycles. The molecule has 3 N–H and O–H groups in total. The van der Waals surface area contributed by atoms with E-state index >= 15 is 0 Å². The molecule has 0 saturated heterocycles. The number of hydrogen-bond donors (Lipinski definition) is 3. The maximum absolute atomic E-state index is 14.8. The van der Waals surface area contributed by atoms with Gasteiger partial charge in [-0.2, -0.15) is 0 Å². The molecule has 3 aromatic rings. The number of nitro groups is 1. The molecule has 0 radical (unpaired) electrons. The number of nitro benzene ring substituents is 1. The van der Waals surface area contributed by atoms with Crippen molar-refractivity contribution in [3.63, 3.8) is 0 Å². The molecule has 16 heteroatoms. The summed E-state index contributed by atoms with van der Waals surface area (Å²) >= 11 is 0. The van der Waals surface area contributed by atoms with Gasteiger partial charge in [-0.1, -0.05) is 42.3 Å². The Morgan fingerprint density at radius 3 is 2.37 bits per heavy atom.